The first-order chi connectivity index (χ1) is 33.3. The smallest absolute Gasteiger partial charge is 0.295 e. The molecule has 0 aliphatic heterocycles. The third-order valence-electron chi connectivity index (χ3n) is 10.6. The molecule has 0 heterocycles. The molecular weight excluding hydrogens is 995 g/mol. The van der Waals surface area contributed by atoms with Crippen LogP contribution >= 0.6 is 0 Å². The van der Waals surface area contributed by atoms with Crippen LogP contribution in [0.4, 0.5) is 34.1 Å². The summed E-state index contributed by atoms with van der Waals surface area (Å²) in [5.74, 6) is -2.49. The number of aliphatic imine (C=N–C) groups is 2. The van der Waals surface area contributed by atoms with Crippen molar-refractivity contribution in [3.63, 3.8) is 0 Å². The predicted molar refractivity (Wildman–Crippen MR) is 270 cm³/mol. The Morgan fingerprint density at radius 2 is 0.778 bits per heavy atom. The average Bonchev–Trinajstić information content (AvgIpc) is 3.33. The molecule has 2 radical (unpaired) electrons. The van der Waals surface area contributed by atoms with E-state index in [1.807, 2.05) is 0 Å². The molecule has 8 aromatic rings. The van der Waals surface area contributed by atoms with Crippen LogP contribution in [-0.4, -0.2) is 142 Å². The van der Waals surface area contributed by atoms with E-state index in [4.69, 9.17) is 9.47 Å². The Kier molecular flexibility index (Phi) is 16.8. The molecule has 0 amide bonds. The van der Waals surface area contributed by atoms with Crippen molar-refractivity contribution in [1.82, 2.24) is 0 Å². The first-order valence-electron chi connectivity index (χ1n) is 20.2. The molecule has 24 heteroatoms. The number of ether oxygens (including phenoxy) is 2. The van der Waals surface area contributed by atoms with Crippen LogP contribution in [0.15, 0.2) is 174 Å². The number of phenolic OH excluding ortho intramolecular Hbond substituents is 4. The van der Waals surface area contributed by atoms with Gasteiger partial charge in [0.15, 0.2) is 0 Å². The Balaban J connectivity index is 0.00000423. The van der Waals surface area contributed by atoms with E-state index in [9.17, 15) is 56.6 Å². The number of hydrogen-bond donors (Lipinski definition) is 8. The van der Waals surface area contributed by atoms with Gasteiger partial charge in [-0.15, -0.1) is 20.5 Å². The van der Waals surface area contributed by atoms with Gasteiger partial charge in [0.1, 0.15) is 78.4 Å². The van der Waals surface area contributed by atoms with E-state index in [1.54, 1.807) is 60.7 Å². The van der Waals surface area contributed by atoms with Crippen molar-refractivity contribution >= 4 is 147 Å². The summed E-state index contributed by atoms with van der Waals surface area (Å²) >= 11 is 0. The SMILES string of the molecule is COc1cc(-c2ccc(N=C(O)c3ccc(N=Nc4c(O)cc(S(=O)(=O)O)c5ccccc45)c(O)c3)c(OC)c2)ccc1N=C(O)c1ccc(N=Nc2c(O)cc(S(=O)(=O)O)c3ccccc23)c(O)c1.[Na].[Na]. The molecule has 0 unspecified atom stereocenters. The fourth-order valence-electron chi connectivity index (χ4n) is 7.22. The van der Waals surface area contributed by atoms with Crippen molar-refractivity contribution in [3.8, 4) is 45.6 Å². The zero-order valence-corrected chi connectivity index (χ0v) is 43.9. The van der Waals surface area contributed by atoms with Gasteiger partial charge in [-0.3, -0.25) is 9.11 Å². The summed E-state index contributed by atoms with van der Waals surface area (Å²) in [5, 5.41) is 81.3. The van der Waals surface area contributed by atoms with Gasteiger partial charge in [-0.1, -0.05) is 60.7 Å². The summed E-state index contributed by atoms with van der Waals surface area (Å²) in [6.45, 7) is 0. The second-order valence-corrected chi connectivity index (χ2v) is 17.8. The summed E-state index contributed by atoms with van der Waals surface area (Å²) in [5.41, 5.74) is 1.52. The molecule has 356 valence electrons. The van der Waals surface area contributed by atoms with E-state index in [2.05, 4.69) is 30.4 Å². The van der Waals surface area contributed by atoms with Crippen molar-refractivity contribution in [2.75, 3.05) is 14.2 Å². The second kappa shape index (κ2) is 22.2. The fourth-order valence-corrected chi connectivity index (χ4v) is 8.65. The van der Waals surface area contributed by atoms with E-state index < -0.39 is 64.8 Å². The maximum Gasteiger partial charge on any atom is 0.295 e. The topological polar surface area (TPSA) is 323 Å². The average molecular weight is 1030 g/mol. The van der Waals surface area contributed by atoms with E-state index in [0.29, 0.717) is 11.1 Å². The quantitative estimate of drug-likeness (QED) is 0.0175. The number of rotatable bonds is 13. The number of fused-ring (bicyclic) bond motifs is 2. The largest absolute Gasteiger partial charge is 0.506 e. The summed E-state index contributed by atoms with van der Waals surface area (Å²) in [4.78, 5) is 7.54. The monoisotopic (exact) mass is 1030 g/mol. The Morgan fingerprint density at radius 3 is 1.11 bits per heavy atom. The standard InChI is InChI=1S/C48H36N6O14S2.2Na/c1-67-41-21-25(11-17-35(41)49-47(59)27-13-15-33(37(55)19-27)51-53-45-31-9-5-3-7-29(31)43(23-39(45)57)69(61,62)63)26-12-18-36(42(22-26)68-2)50-48(60)28-14-16-34(38(56)20-28)52-54-46-32-10-6-4-8-30(32)44(24-40(46)58)70(64,65)66;;/h3-24,55-58H,1-2H3,(H,49,59)(H,50,60)(H,61,62,63)(H,64,65,66);;. The first kappa shape index (κ1) is 54.4. The minimum Gasteiger partial charge on any atom is -0.506 e. The Morgan fingerprint density at radius 1 is 0.431 bits per heavy atom. The van der Waals surface area contributed by atoms with Crippen LogP contribution in [0.1, 0.15) is 11.1 Å². The molecular formula is C48H36N6Na2O14S2. The number of aliphatic hydroxyl groups excluding tert-OH is 2. The van der Waals surface area contributed by atoms with Crippen molar-refractivity contribution in [1.29, 1.82) is 0 Å². The van der Waals surface area contributed by atoms with Crippen molar-refractivity contribution in [2.45, 2.75) is 9.79 Å². The number of nitrogens with zero attached hydrogens (tertiary/aromatic N) is 6. The van der Waals surface area contributed by atoms with Gasteiger partial charge in [-0.05, 0) is 71.8 Å². The molecule has 0 spiro atoms. The van der Waals surface area contributed by atoms with Crippen LogP contribution in [0.2, 0.25) is 0 Å². The van der Waals surface area contributed by atoms with Crippen molar-refractivity contribution in [3.05, 3.63) is 145 Å². The molecule has 0 aliphatic rings. The van der Waals surface area contributed by atoms with Crippen molar-refractivity contribution < 1.29 is 66.1 Å². The maximum absolute atomic E-state index is 11.9. The Hall–Kier alpha value is -6.96. The van der Waals surface area contributed by atoms with Gasteiger partial charge >= 0.3 is 0 Å². The van der Waals surface area contributed by atoms with E-state index in [-0.39, 0.29) is 137 Å². The molecule has 8 N–H and O–H groups in total. The first-order valence-corrected chi connectivity index (χ1v) is 23.1. The third kappa shape index (κ3) is 11.5. The van der Waals surface area contributed by atoms with Crippen LogP contribution in [0.25, 0.3) is 32.7 Å². The minimum atomic E-state index is -4.68. The van der Waals surface area contributed by atoms with Gasteiger partial charge < -0.3 is 40.1 Å². The molecule has 0 aliphatic carbocycles. The van der Waals surface area contributed by atoms with E-state index in [1.165, 1.54) is 74.9 Å². The van der Waals surface area contributed by atoms with Crippen molar-refractivity contribution in [2.24, 2.45) is 30.4 Å². The second-order valence-electron chi connectivity index (χ2n) is 15.0. The van der Waals surface area contributed by atoms with Crippen LogP contribution in [0.5, 0.6) is 34.5 Å². The van der Waals surface area contributed by atoms with E-state index >= 15 is 0 Å². The molecule has 0 saturated carbocycles. The number of phenols is 4. The predicted octanol–water partition coefficient (Wildman–Crippen LogP) is 10.3. The molecule has 0 bridgehead atoms. The molecule has 20 nitrogen and oxygen atoms in total. The van der Waals surface area contributed by atoms with Crippen LogP contribution in [0, 0.1) is 0 Å². The number of hydrogen-bond acceptors (Lipinski definition) is 16. The molecule has 0 atom stereocenters. The number of aromatic hydroxyl groups is 4. The third-order valence-corrected chi connectivity index (χ3v) is 12.4. The molecule has 8 rings (SSSR count). The number of benzene rings is 8. The Bertz CT molecular complexity index is 3550. The molecule has 8 aromatic carbocycles. The summed E-state index contributed by atoms with van der Waals surface area (Å²) in [6, 6.07) is 31.4. The van der Waals surface area contributed by atoms with Crippen LogP contribution in [-0.2, 0) is 20.2 Å². The Labute approximate surface area is 453 Å². The fraction of sp³-hybridized carbons (Fsp3) is 0.0417. The van der Waals surface area contributed by atoms with Gasteiger partial charge in [-0.25, -0.2) is 9.98 Å². The summed E-state index contributed by atoms with van der Waals surface area (Å²) < 4.78 is 78.1. The zero-order valence-electron chi connectivity index (χ0n) is 38.2. The van der Waals surface area contributed by atoms with Crippen LogP contribution in [0.3, 0.4) is 0 Å². The normalized spacial score (nSPS) is 12.3. The molecule has 0 aromatic heterocycles. The van der Waals surface area contributed by atoms with Crippen LogP contribution < -0.4 is 9.47 Å². The van der Waals surface area contributed by atoms with Gasteiger partial charge in [-0.2, -0.15) is 16.8 Å². The van der Waals surface area contributed by atoms with Gasteiger partial charge in [0.05, 0.1) is 14.2 Å². The molecule has 0 saturated heterocycles. The van der Waals surface area contributed by atoms with Gasteiger partial charge in [0.2, 0.25) is 11.8 Å². The number of aliphatic hydroxyl groups is 2. The minimum absolute atomic E-state index is 0. The molecule has 0 fully saturated rings. The van der Waals surface area contributed by atoms with E-state index in [0.717, 1.165) is 12.1 Å². The zero-order chi connectivity index (χ0) is 50.1. The number of azo groups is 2. The van der Waals surface area contributed by atoms with Gasteiger partial charge in [0.25, 0.3) is 20.2 Å². The molecule has 72 heavy (non-hydrogen) atoms. The van der Waals surface area contributed by atoms with Gasteiger partial charge in [0, 0.05) is 104 Å². The maximum atomic E-state index is 11.9. The summed E-state index contributed by atoms with van der Waals surface area (Å²) in [6.07, 6.45) is 0. The summed E-state index contributed by atoms with van der Waals surface area (Å²) in [7, 11) is -6.55. The number of methoxy groups -OCH3 is 2.